The summed E-state index contributed by atoms with van der Waals surface area (Å²) in [6.07, 6.45) is 3.83. The Labute approximate surface area is 199 Å². The van der Waals surface area contributed by atoms with Gasteiger partial charge in [0.15, 0.2) is 0 Å². The van der Waals surface area contributed by atoms with Crippen LogP contribution in [0.4, 0.5) is 5.69 Å². The maximum Gasteiger partial charge on any atom is 0.264 e. The van der Waals surface area contributed by atoms with Crippen molar-refractivity contribution in [3.8, 4) is 0 Å². The molecule has 0 aliphatic carbocycles. The number of nitrogens with one attached hydrogen (secondary N) is 1. The third-order valence-electron chi connectivity index (χ3n) is 5.87. The van der Waals surface area contributed by atoms with E-state index in [0.717, 1.165) is 31.7 Å². The Balaban J connectivity index is 1.54. The van der Waals surface area contributed by atoms with Crippen LogP contribution >= 0.6 is 11.6 Å². The van der Waals surface area contributed by atoms with Crippen LogP contribution in [0, 0.1) is 0 Å². The number of para-hydroxylation sites is 1. The Bertz CT molecular complexity index is 1190. The number of anilines is 1. The average molecular weight is 488 g/mol. The fourth-order valence-electron chi connectivity index (χ4n) is 4.00. The number of hydrogen-bond donors (Lipinski definition) is 1. The second-order valence-electron chi connectivity index (χ2n) is 7.93. The molecule has 1 aromatic heterocycles. The van der Waals surface area contributed by atoms with E-state index in [1.807, 2.05) is 18.2 Å². The first-order valence-corrected chi connectivity index (χ1v) is 12.6. The summed E-state index contributed by atoms with van der Waals surface area (Å²) in [7, 11) is -2.40. The van der Waals surface area contributed by atoms with Crippen LogP contribution in [0.1, 0.15) is 35.0 Å². The molecule has 0 spiro atoms. The Morgan fingerprint density at radius 3 is 2.52 bits per heavy atom. The molecule has 0 bridgehead atoms. The number of carbonyl (C=O) groups is 1. The van der Waals surface area contributed by atoms with Crippen molar-refractivity contribution in [3.63, 3.8) is 0 Å². The van der Waals surface area contributed by atoms with Gasteiger partial charge in [-0.05, 0) is 68.4 Å². The zero-order valence-electron chi connectivity index (χ0n) is 18.3. The second-order valence-corrected chi connectivity index (χ2v) is 10.3. The number of sulfonamides is 1. The molecule has 1 atom stereocenters. The van der Waals surface area contributed by atoms with Crippen molar-refractivity contribution in [2.45, 2.75) is 23.8 Å². The van der Waals surface area contributed by atoms with Gasteiger partial charge in [-0.15, -0.1) is 0 Å². The lowest BCUT2D eigenvalue weighted by Crippen LogP contribution is -2.36. The normalized spacial score (nSPS) is 15.3. The van der Waals surface area contributed by atoms with Gasteiger partial charge in [-0.25, -0.2) is 8.42 Å². The van der Waals surface area contributed by atoms with Gasteiger partial charge in [-0.1, -0.05) is 29.8 Å². The van der Waals surface area contributed by atoms with E-state index in [2.05, 4.69) is 10.2 Å². The maximum atomic E-state index is 13.1. The predicted molar refractivity (Wildman–Crippen MR) is 128 cm³/mol. The third-order valence-corrected chi connectivity index (χ3v) is 7.98. The first kappa shape index (κ1) is 23.4. The van der Waals surface area contributed by atoms with Crippen LogP contribution in [0.25, 0.3) is 0 Å². The van der Waals surface area contributed by atoms with E-state index in [0.29, 0.717) is 12.2 Å². The van der Waals surface area contributed by atoms with Crippen LogP contribution in [-0.2, 0) is 10.0 Å². The van der Waals surface area contributed by atoms with Crippen LogP contribution < -0.4 is 9.62 Å². The number of furan rings is 1. The van der Waals surface area contributed by atoms with Gasteiger partial charge >= 0.3 is 0 Å². The Morgan fingerprint density at radius 1 is 1.12 bits per heavy atom. The lowest BCUT2D eigenvalue weighted by molar-refractivity contribution is 0.0933. The summed E-state index contributed by atoms with van der Waals surface area (Å²) in [5.41, 5.74) is 0.629. The smallest absolute Gasteiger partial charge is 0.264 e. The molecule has 7 nitrogen and oxygen atoms in total. The van der Waals surface area contributed by atoms with E-state index in [9.17, 15) is 13.2 Å². The van der Waals surface area contributed by atoms with Crippen molar-refractivity contribution in [2.24, 2.45) is 0 Å². The summed E-state index contributed by atoms with van der Waals surface area (Å²) in [6.45, 7) is 2.19. The van der Waals surface area contributed by atoms with Gasteiger partial charge in [-0.2, -0.15) is 0 Å². The van der Waals surface area contributed by atoms with Crippen molar-refractivity contribution in [1.29, 1.82) is 0 Å². The number of carbonyl (C=O) groups excluding carboxylic acids is 1. The van der Waals surface area contributed by atoms with E-state index in [1.54, 1.807) is 30.5 Å². The molecule has 1 N–H and O–H groups in total. The van der Waals surface area contributed by atoms with Crippen molar-refractivity contribution < 1.29 is 17.6 Å². The third kappa shape index (κ3) is 5.08. The topological polar surface area (TPSA) is 82.9 Å². The first-order valence-electron chi connectivity index (χ1n) is 10.8. The number of amides is 1. The molecule has 0 radical (unpaired) electrons. The number of nitrogens with zero attached hydrogens (tertiary/aromatic N) is 2. The van der Waals surface area contributed by atoms with Crippen LogP contribution in [0.15, 0.2) is 76.2 Å². The fraction of sp³-hybridized carbons (Fsp3) is 0.292. The molecule has 1 aliphatic heterocycles. The highest BCUT2D eigenvalue weighted by molar-refractivity contribution is 7.92. The van der Waals surface area contributed by atoms with Crippen molar-refractivity contribution >= 4 is 33.2 Å². The minimum absolute atomic E-state index is 0.00877. The maximum absolute atomic E-state index is 13.1. The Kier molecular flexibility index (Phi) is 7.07. The lowest BCUT2D eigenvalue weighted by Gasteiger charge is -2.26. The van der Waals surface area contributed by atoms with Gasteiger partial charge in [-0.3, -0.25) is 14.0 Å². The van der Waals surface area contributed by atoms with Gasteiger partial charge in [0.2, 0.25) is 0 Å². The molecule has 3 aromatic rings. The van der Waals surface area contributed by atoms with E-state index in [1.165, 1.54) is 29.6 Å². The van der Waals surface area contributed by atoms with E-state index in [-0.39, 0.29) is 21.5 Å². The van der Waals surface area contributed by atoms with Gasteiger partial charge in [0.05, 0.1) is 33.5 Å². The van der Waals surface area contributed by atoms with Crippen LogP contribution in [-0.4, -0.2) is 45.9 Å². The van der Waals surface area contributed by atoms with E-state index < -0.39 is 15.9 Å². The Hall–Kier alpha value is -2.81. The minimum Gasteiger partial charge on any atom is -0.468 e. The summed E-state index contributed by atoms with van der Waals surface area (Å²) in [4.78, 5) is 15.3. The fourth-order valence-corrected chi connectivity index (χ4v) is 5.43. The number of rotatable bonds is 8. The SMILES string of the molecule is CN(c1ccccc1)S(=O)(=O)c1ccc(Cl)c(C(=O)NC[C@H](c2ccco2)N2CCCC2)c1. The Morgan fingerprint density at radius 2 is 1.85 bits per heavy atom. The number of halogens is 1. The molecule has 2 heterocycles. The zero-order chi connectivity index (χ0) is 23.4. The predicted octanol–water partition coefficient (Wildman–Crippen LogP) is 4.33. The standard InChI is InChI=1S/C24H26ClN3O4S/c1-27(18-8-3-2-4-9-18)33(30,31)19-11-12-21(25)20(16-19)24(29)26-17-22(23-10-7-15-32-23)28-13-5-6-14-28/h2-4,7-12,15-16,22H,5-6,13-14,17H2,1H3,(H,26,29)/t22-/m1/s1. The molecule has 9 heteroatoms. The van der Waals surface area contributed by atoms with Crippen molar-refractivity contribution in [2.75, 3.05) is 31.0 Å². The monoisotopic (exact) mass is 487 g/mol. The van der Waals surface area contributed by atoms with Gasteiger partial charge in [0.25, 0.3) is 15.9 Å². The highest BCUT2D eigenvalue weighted by atomic mass is 35.5. The molecular weight excluding hydrogens is 462 g/mol. The average Bonchev–Trinajstić information content (AvgIpc) is 3.54. The minimum atomic E-state index is -3.87. The number of likely N-dealkylation sites (tertiary alicyclic amines) is 1. The lowest BCUT2D eigenvalue weighted by atomic mass is 10.1. The largest absolute Gasteiger partial charge is 0.468 e. The molecule has 1 amide bonds. The van der Waals surface area contributed by atoms with Crippen molar-refractivity contribution in [3.05, 3.63) is 83.3 Å². The molecule has 4 rings (SSSR count). The summed E-state index contributed by atoms with van der Waals surface area (Å²) < 4.78 is 33.1. The zero-order valence-corrected chi connectivity index (χ0v) is 19.8. The summed E-state index contributed by atoms with van der Waals surface area (Å²) in [5, 5.41) is 3.10. The molecule has 1 saturated heterocycles. The highest BCUT2D eigenvalue weighted by Crippen LogP contribution is 2.27. The van der Waals surface area contributed by atoms with Gasteiger partial charge in [0, 0.05) is 13.6 Å². The van der Waals surface area contributed by atoms with E-state index in [4.69, 9.17) is 16.0 Å². The molecule has 33 heavy (non-hydrogen) atoms. The molecule has 0 saturated carbocycles. The van der Waals surface area contributed by atoms with Crippen molar-refractivity contribution in [1.82, 2.24) is 10.2 Å². The van der Waals surface area contributed by atoms with Gasteiger partial charge < -0.3 is 9.73 Å². The molecule has 1 aliphatic rings. The van der Waals surface area contributed by atoms with Crippen LogP contribution in [0.3, 0.4) is 0 Å². The molecule has 174 valence electrons. The quantitative estimate of drug-likeness (QED) is 0.511. The van der Waals surface area contributed by atoms with Gasteiger partial charge in [0.1, 0.15) is 5.76 Å². The summed E-state index contributed by atoms with van der Waals surface area (Å²) >= 11 is 6.28. The molecule has 1 fully saturated rings. The van der Waals surface area contributed by atoms with Crippen LogP contribution in [0.2, 0.25) is 5.02 Å². The highest BCUT2D eigenvalue weighted by Gasteiger charge is 2.27. The number of benzene rings is 2. The van der Waals surface area contributed by atoms with E-state index >= 15 is 0 Å². The molecule has 0 unspecified atom stereocenters. The molecular formula is C24H26ClN3O4S. The van der Waals surface area contributed by atoms with Crippen LogP contribution in [0.5, 0.6) is 0 Å². The second kappa shape index (κ2) is 9.99. The summed E-state index contributed by atoms with van der Waals surface area (Å²) in [6, 6.07) is 16.5. The first-order chi connectivity index (χ1) is 15.9. The number of hydrogen-bond acceptors (Lipinski definition) is 5. The summed E-state index contributed by atoms with van der Waals surface area (Å²) in [5.74, 6) is 0.347. The molecule has 2 aromatic carbocycles.